The molecule has 1 N–H and O–H groups in total. The molecule has 2 amide bonds. The van der Waals surface area contributed by atoms with Gasteiger partial charge >= 0.3 is 0 Å². The van der Waals surface area contributed by atoms with Crippen molar-refractivity contribution in [1.29, 1.82) is 0 Å². The highest BCUT2D eigenvalue weighted by atomic mass is 35.5. The van der Waals surface area contributed by atoms with Crippen molar-refractivity contribution in [1.82, 2.24) is 10.2 Å². The number of halogens is 4. The van der Waals surface area contributed by atoms with Crippen LogP contribution in [0.25, 0.3) is 0 Å². The molecule has 0 aliphatic rings. The van der Waals surface area contributed by atoms with Crippen LogP contribution in [0.15, 0.2) is 71.6 Å². The Kier molecular flexibility index (Phi) is 11.4. The van der Waals surface area contributed by atoms with Gasteiger partial charge in [0.05, 0.1) is 15.6 Å². The van der Waals surface area contributed by atoms with Gasteiger partial charge in [0, 0.05) is 23.1 Å². The van der Waals surface area contributed by atoms with Crippen molar-refractivity contribution in [3.05, 3.63) is 93.2 Å². The third-order valence-corrected chi connectivity index (χ3v) is 8.89. The largest absolute Gasteiger partial charge is 0.354 e. The van der Waals surface area contributed by atoms with Crippen molar-refractivity contribution in [3.8, 4) is 0 Å². The second-order valence-electron chi connectivity index (χ2n) is 9.74. The maximum absolute atomic E-state index is 14.0. The number of sulfonamides is 1. The highest BCUT2D eigenvalue weighted by Gasteiger charge is 2.34. The van der Waals surface area contributed by atoms with Gasteiger partial charge in [0.15, 0.2) is 0 Å². The van der Waals surface area contributed by atoms with E-state index in [9.17, 15) is 22.4 Å². The van der Waals surface area contributed by atoms with E-state index in [2.05, 4.69) is 5.32 Å². The quantitative estimate of drug-likeness (QED) is 0.243. The molecule has 0 radical (unpaired) electrons. The third-order valence-electron chi connectivity index (χ3n) is 6.23. The summed E-state index contributed by atoms with van der Waals surface area (Å²) in [5, 5.41) is 3.22. The number of nitrogens with zero attached hydrogens (tertiary/aromatic N) is 2. The number of anilines is 1. The molecule has 220 valence electrons. The lowest BCUT2D eigenvalue weighted by atomic mass is 10.1. The van der Waals surface area contributed by atoms with E-state index in [1.807, 2.05) is 13.8 Å². The summed E-state index contributed by atoms with van der Waals surface area (Å²) in [5.74, 6) is -1.64. The van der Waals surface area contributed by atoms with Crippen molar-refractivity contribution < 1.29 is 22.4 Å². The molecule has 0 heterocycles. The summed E-state index contributed by atoms with van der Waals surface area (Å²) >= 11 is 18.5. The van der Waals surface area contributed by atoms with Crippen LogP contribution >= 0.6 is 34.8 Å². The molecule has 0 aromatic heterocycles. The Morgan fingerprint density at radius 2 is 1.63 bits per heavy atom. The average Bonchev–Trinajstić information content (AvgIpc) is 2.93. The van der Waals surface area contributed by atoms with E-state index < -0.39 is 34.3 Å². The standard InChI is InChI=1S/C29H31Cl3FN3O4S/c1-4-27(29(38)34-16-19(2)3)35(17-20-10-11-21(30)14-24(20)31)28(37)18-36(22-12-13-26(33)25(32)15-22)41(39,40)23-8-6-5-7-9-23/h5-15,19,27H,4,16-18H2,1-3H3,(H,34,38). The Hall–Kier alpha value is -2.85. The molecule has 1 unspecified atom stereocenters. The number of benzene rings is 3. The van der Waals surface area contributed by atoms with Gasteiger partial charge in [0.1, 0.15) is 18.4 Å². The van der Waals surface area contributed by atoms with Crippen LogP contribution in [0, 0.1) is 11.7 Å². The van der Waals surface area contributed by atoms with Crippen LogP contribution in [0.2, 0.25) is 15.1 Å². The molecule has 41 heavy (non-hydrogen) atoms. The third kappa shape index (κ3) is 8.35. The molecule has 0 saturated carbocycles. The van der Waals surface area contributed by atoms with Crippen LogP contribution < -0.4 is 9.62 Å². The van der Waals surface area contributed by atoms with Crippen LogP contribution in [-0.2, 0) is 26.2 Å². The van der Waals surface area contributed by atoms with Gasteiger partial charge in [-0.3, -0.25) is 13.9 Å². The van der Waals surface area contributed by atoms with E-state index >= 15 is 0 Å². The second-order valence-corrected chi connectivity index (χ2v) is 12.9. The fourth-order valence-corrected chi connectivity index (χ4v) is 6.13. The van der Waals surface area contributed by atoms with Crippen LogP contribution in [0.1, 0.15) is 32.8 Å². The lowest BCUT2D eigenvalue weighted by molar-refractivity contribution is -0.140. The Morgan fingerprint density at radius 1 is 0.951 bits per heavy atom. The topological polar surface area (TPSA) is 86.8 Å². The molecule has 0 aliphatic heterocycles. The summed E-state index contributed by atoms with van der Waals surface area (Å²) < 4.78 is 42.4. The maximum Gasteiger partial charge on any atom is 0.264 e. The highest BCUT2D eigenvalue weighted by Crippen LogP contribution is 2.29. The molecule has 0 aliphatic carbocycles. The predicted molar refractivity (Wildman–Crippen MR) is 161 cm³/mol. The van der Waals surface area contributed by atoms with Crippen LogP contribution in [-0.4, -0.2) is 44.3 Å². The monoisotopic (exact) mass is 641 g/mol. The summed E-state index contributed by atoms with van der Waals surface area (Å²) in [5.41, 5.74) is 0.497. The molecule has 0 fully saturated rings. The number of hydrogen-bond donors (Lipinski definition) is 1. The van der Waals surface area contributed by atoms with E-state index in [-0.39, 0.29) is 45.4 Å². The van der Waals surface area contributed by atoms with Crippen molar-refractivity contribution in [2.24, 2.45) is 5.92 Å². The van der Waals surface area contributed by atoms with E-state index in [1.165, 1.54) is 29.2 Å². The Labute approximate surface area is 255 Å². The molecule has 0 spiro atoms. The minimum absolute atomic E-state index is 0.0182. The van der Waals surface area contributed by atoms with Gasteiger partial charge in [-0.05, 0) is 60.4 Å². The van der Waals surface area contributed by atoms with Crippen LogP contribution in [0.4, 0.5) is 10.1 Å². The Bertz CT molecular complexity index is 1490. The summed E-state index contributed by atoms with van der Waals surface area (Å²) in [6.07, 6.45) is 0.245. The van der Waals surface area contributed by atoms with E-state index in [1.54, 1.807) is 37.3 Å². The maximum atomic E-state index is 14.0. The first-order valence-corrected chi connectivity index (χ1v) is 15.5. The second kappa shape index (κ2) is 14.4. The lowest BCUT2D eigenvalue weighted by Gasteiger charge is -2.33. The first-order chi connectivity index (χ1) is 19.3. The van der Waals surface area contributed by atoms with E-state index in [0.717, 1.165) is 16.4 Å². The molecule has 3 aromatic carbocycles. The summed E-state index contributed by atoms with van der Waals surface area (Å²) in [7, 11) is -4.31. The molecule has 7 nitrogen and oxygen atoms in total. The summed E-state index contributed by atoms with van der Waals surface area (Å²) in [6, 6.07) is 14.7. The van der Waals surface area contributed by atoms with E-state index in [0.29, 0.717) is 17.1 Å². The molecule has 12 heteroatoms. The van der Waals surface area contributed by atoms with Gasteiger partial charge in [0.25, 0.3) is 10.0 Å². The zero-order chi connectivity index (χ0) is 30.3. The van der Waals surface area contributed by atoms with E-state index in [4.69, 9.17) is 34.8 Å². The number of nitrogens with one attached hydrogen (secondary N) is 1. The minimum Gasteiger partial charge on any atom is -0.354 e. The Morgan fingerprint density at radius 3 is 2.22 bits per heavy atom. The molecule has 3 aromatic rings. The number of carbonyl (C=O) groups is 2. The average molecular weight is 643 g/mol. The van der Waals surface area contributed by atoms with Gasteiger partial charge in [-0.15, -0.1) is 0 Å². The van der Waals surface area contributed by atoms with Gasteiger partial charge < -0.3 is 10.2 Å². The fourth-order valence-electron chi connectivity index (χ4n) is 4.06. The smallest absolute Gasteiger partial charge is 0.264 e. The molecule has 3 rings (SSSR count). The molecule has 1 atom stereocenters. The number of carbonyl (C=O) groups excluding carboxylic acids is 2. The van der Waals surface area contributed by atoms with Crippen LogP contribution in [0.3, 0.4) is 0 Å². The zero-order valence-electron chi connectivity index (χ0n) is 22.8. The highest BCUT2D eigenvalue weighted by molar-refractivity contribution is 7.92. The summed E-state index contributed by atoms with van der Waals surface area (Å²) in [6.45, 7) is 5.24. The van der Waals surface area contributed by atoms with Crippen LogP contribution in [0.5, 0.6) is 0 Å². The van der Waals surface area contributed by atoms with Crippen molar-refractivity contribution >= 4 is 62.3 Å². The minimum atomic E-state index is -4.31. The zero-order valence-corrected chi connectivity index (χ0v) is 25.9. The lowest BCUT2D eigenvalue weighted by Crippen LogP contribution is -2.52. The van der Waals surface area contributed by atoms with Gasteiger partial charge in [-0.2, -0.15) is 0 Å². The summed E-state index contributed by atoms with van der Waals surface area (Å²) in [4.78, 5) is 28.5. The van der Waals surface area contributed by atoms with Crippen molar-refractivity contribution in [3.63, 3.8) is 0 Å². The Balaban J connectivity index is 2.08. The molecular formula is C29H31Cl3FN3O4S. The molecular weight excluding hydrogens is 612 g/mol. The predicted octanol–water partition coefficient (Wildman–Crippen LogP) is 6.56. The number of hydrogen-bond acceptors (Lipinski definition) is 4. The molecule has 0 saturated heterocycles. The molecule has 0 bridgehead atoms. The fraction of sp³-hybridized carbons (Fsp3) is 0.310. The van der Waals surface area contributed by atoms with Crippen molar-refractivity contribution in [2.45, 2.75) is 44.7 Å². The van der Waals surface area contributed by atoms with Gasteiger partial charge in [-0.1, -0.05) is 79.8 Å². The van der Waals surface area contributed by atoms with Crippen molar-refractivity contribution in [2.75, 3.05) is 17.4 Å². The van der Waals surface area contributed by atoms with Gasteiger partial charge in [0.2, 0.25) is 11.8 Å². The first-order valence-electron chi connectivity index (χ1n) is 12.9. The SMILES string of the molecule is CCC(C(=O)NCC(C)C)N(Cc1ccc(Cl)cc1Cl)C(=O)CN(c1ccc(F)c(Cl)c1)S(=O)(=O)c1ccccc1. The van der Waals surface area contributed by atoms with Gasteiger partial charge in [-0.25, -0.2) is 12.8 Å². The number of rotatable bonds is 12. The normalized spacial score (nSPS) is 12.2. The number of amides is 2. The first kappa shape index (κ1) is 32.7.